The fraction of sp³-hybridized carbons (Fsp3) is 0.400. The first-order valence-corrected chi connectivity index (χ1v) is 12.2. The summed E-state index contributed by atoms with van der Waals surface area (Å²) in [7, 11) is 1.27. The monoisotopic (exact) mass is 545 g/mol. The standard InChI is InChI=1S/C25H28BrN3O6/c1-33-24(31)22-15-28(25(32)34-16-17-6-3-2-4-7-17)10-11-29(22)23(30)21-13-20(14-27-21)35-19-9-5-8-18(26)12-19/h2-9,12,20-22,27H,10-11,13-16H2,1H3/t20-,21-,22-/m0/s1. The Labute approximate surface area is 212 Å². The molecule has 0 aromatic heterocycles. The smallest absolute Gasteiger partial charge is 0.410 e. The van der Waals surface area contributed by atoms with E-state index in [9.17, 15) is 14.4 Å². The van der Waals surface area contributed by atoms with Crippen LogP contribution >= 0.6 is 15.9 Å². The van der Waals surface area contributed by atoms with E-state index in [1.54, 1.807) is 0 Å². The van der Waals surface area contributed by atoms with Crippen LogP contribution in [0.25, 0.3) is 0 Å². The van der Waals surface area contributed by atoms with Crippen LogP contribution in [-0.2, 0) is 25.7 Å². The van der Waals surface area contributed by atoms with Crippen molar-refractivity contribution in [1.82, 2.24) is 15.1 Å². The van der Waals surface area contributed by atoms with Crippen molar-refractivity contribution in [3.63, 3.8) is 0 Å². The van der Waals surface area contributed by atoms with E-state index in [1.165, 1.54) is 16.9 Å². The van der Waals surface area contributed by atoms with Crippen molar-refractivity contribution in [2.45, 2.75) is 31.2 Å². The number of esters is 1. The average Bonchev–Trinajstić information content (AvgIpc) is 3.35. The number of hydrogen-bond donors (Lipinski definition) is 1. The number of methoxy groups -OCH3 is 1. The van der Waals surface area contributed by atoms with Gasteiger partial charge in [-0.2, -0.15) is 0 Å². The maximum Gasteiger partial charge on any atom is 0.410 e. The molecule has 9 nitrogen and oxygen atoms in total. The molecule has 1 N–H and O–H groups in total. The highest BCUT2D eigenvalue weighted by Crippen LogP contribution is 2.23. The van der Waals surface area contributed by atoms with E-state index in [-0.39, 0.29) is 38.3 Å². The van der Waals surface area contributed by atoms with Crippen LogP contribution in [-0.4, -0.2) is 79.2 Å². The fourth-order valence-corrected chi connectivity index (χ4v) is 4.65. The van der Waals surface area contributed by atoms with E-state index in [0.717, 1.165) is 10.0 Å². The molecule has 2 saturated heterocycles. The van der Waals surface area contributed by atoms with Gasteiger partial charge < -0.3 is 29.3 Å². The first-order chi connectivity index (χ1) is 16.9. The van der Waals surface area contributed by atoms with E-state index in [2.05, 4.69) is 21.2 Å². The number of hydrogen-bond acceptors (Lipinski definition) is 7. The molecular formula is C25H28BrN3O6. The summed E-state index contributed by atoms with van der Waals surface area (Å²) in [6.07, 6.45) is -0.237. The third-order valence-corrected chi connectivity index (χ3v) is 6.58. The highest BCUT2D eigenvalue weighted by molar-refractivity contribution is 9.10. The summed E-state index contributed by atoms with van der Waals surface area (Å²) in [5, 5.41) is 3.20. The largest absolute Gasteiger partial charge is 0.489 e. The summed E-state index contributed by atoms with van der Waals surface area (Å²) in [5.74, 6) is -0.0637. The van der Waals surface area contributed by atoms with Crippen molar-refractivity contribution in [3.05, 3.63) is 64.6 Å². The van der Waals surface area contributed by atoms with Crippen molar-refractivity contribution < 1.29 is 28.6 Å². The van der Waals surface area contributed by atoms with Crippen LogP contribution in [0.1, 0.15) is 12.0 Å². The minimum atomic E-state index is -0.905. The molecule has 2 amide bonds. The summed E-state index contributed by atoms with van der Waals surface area (Å²) in [6.45, 7) is 1.12. The molecule has 10 heteroatoms. The Morgan fingerprint density at radius 3 is 2.63 bits per heavy atom. The highest BCUT2D eigenvalue weighted by atomic mass is 79.9. The number of carbonyl (C=O) groups is 3. The van der Waals surface area contributed by atoms with E-state index >= 15 is 0 Å². The van der Waals surface area contributed by atoms with E-state index in [4.69, 9.17) is 14.2 Å². The molecule has 2 aliphatic heterocycles. The lowest BCUT2D eigenvalue weighted by Gasteiger charge is -2.40. The van der Waals surface area contributed by atoms with Gasteiger partial charge in [-0.1, -0.05) is 52.3 Å². The number of amides is 2. The van der Waals surface area contributed by atoms with Crippen LogP contribution in [0.15, 0.2) is 59.1 Å². The Morgan fingerprint density at radius 2 is 1.89 bits per heavy atom. The Hall–Kier alpha value is -3.11. The SMILES string of the molecule is COC(=O)[C@@H]1CN(C(=O)OCc2ccccc2)CCN1C(=O)[C@@H]1C[C@H](Oc2cccc(Br)c2)CN1. The second kappa shape index (κ2) is 11.5. The summed E-state index contributed by atoms with van der Waals surface area (Å²) < 4.78 is 17.3. The predicted molar refractivity (Wildman–Crippen MR) is 131 cm³/mol. The lowest BCUT2D eigenvalue weighted by atomic mass is 10.1. The van der Waals surface area contributed by atoms with Crippen LogP contribution in [0.5, 0.6) is 5.75 Å². The summed E-state index contributed by atoms with van der Waals surface area (Å²) >= 11 is 3.43. The first-order valence-electron chi connectivity index (χ1n) is 11.4. The van der Waals surface area contributed by atoms with Gasteiger partial charge in [0, 0.05) is 30.5 Å². The predicted octanol–water partition coefficient (Wildman–Crippen LogP) is 2.58. The number of carbonyl (C=O) groups excluding carboxylic acids is 3. The molecule has 4 rings (SSSR count). The van der Waals surface area contributed by atoms with Crippen LogP contribution in [0, 0.1) is 0 Å². The zero-order valence-corrected chi connectivity index (χ0v) is 21.0. The molecule has 2 aromatic carbocycles. The Kier molecular flexibility index (Phi) is 8.25. The van der Waals surface area contributed by atoms with Gasteiger partial charge in [0.2, 0.25) is 5.91 Å². The van der Waals surface area contributed by atoms with Crippen LogP contribution in [0.4, 0.5) is 4.79 Å². The molecule has 2 aliphatic rings. The lowest BCUT2D eigenvalue weighted by molar-refractivity contribution is -0.156. The van der Waals surface area contributed by atoms with Crippen molar-refractivity contribution in [2.24, 2.45) is 0 Å². The Balaban J connectivity index is 1.35. The van der Waals surface area contributed by atoms with Gasteiger partial charge >= 0.3 is 12.1 Å². The topological polar surface area (TPSA) is 97.4 Å². The third kappa shape index (κ3) is 6.32. The first kappa shape index (κ1) is 25.0. The minimum Gasteiger partial charge on any atom is -0.489 e. The number of piperazine rings is 1. The third-order valence-electron chi connectivity index (χ3n) is 6.09. The summed E-state index contributed by atoms with van der Waals surface area (Å²) in [4.78, 5) is 41.4. The summed E-state index contributed by atoms with van der Waals surface area (Å²) in [6, 6.07) is 15.5. The fourth-order valence-electron chi connectivity index (χ4n) is 4.27. The molecular weight excluding hydrogens is 518 g/mol. The van der Waals surface area contributed by atoms with Gasteiger partial charge in [0.05, 0.1) is 19.7 Å². The quantitative estimate of drug-likeness (QED) is 0.557. The molecule has 2 heterocycles. The zero-order valence-electron chi connectivity index (χ0n) is 19.4. The molecule has 0 saturated carbocycles. The highest BCUT2D eigenvalue weighted by Gasteiger charge is 2.42. The molecule has 186 valence electrons. The van der Waals surface area contributed by atoms with Crippen molar-refractivity contribution in [1.29, 1.82) is 0 Å². The molecule has 0 spiro atoms. The Morgan fingerprint density at radius 1 is 1.09 bits per heavy atom. The lowest BCUT2D eigenvalue weighted by Crippen LogP contribution is -2.62. The number of nitrogens with one attached hydrogen (secondary N) is 1. The molecule has 3 atom stereocenters. The van der Waals surface area contributed by atoms with Gasteiger partial charge in [-0.15, -0.1) is 0 Å². The minimum absolute atomic E-state index is 0.0106. The van der Waals surface area contributed by atoms with Crippen LogP contribution in [0.2, 0.25) is 0 Å². The molecule has 0 bridgehead atoms. The normalized spacial score (nSPS) is 21.9. The van der Waals surface area contributed by atoms with Gasteiger partial charge in [0.15, 0.2) is 0 Å². The number of nitrogens with zero attached hydrogens (tertiary/aromatic N) is 2. The maximum absolute atomic E-state index is 13.3. The van der Waals surface area contributed by atoms with Gasteiger partial charge in [0.1, 0.15) is 24.5 Å². The van der Waals surface area contributed by atoms with Gasteiger partial charge in [0.25, 0.3) is 0 Å². The summed E-state index contributed by atoms with van der Waals surface area (Å²) in [5.41, 5.74) is 0.867. The van der Waals surface area contributed by atoms with Gasteiger partial charge in [-0.25, -0.2) is 9.59 Å². The molecule has 2 fully saturated rings. The Bertz CT molecular complexity index is 1050. The van der Waals surface area contributed by atoms with E-state index in [1.807, 2.05) is 54.6 Å². The molecule has 35 heavy (non-hydrogen) atoms. The molecule has 2 aromatic rings. The van der Waals surface area contributed by atoms with Gasteiger partial charge in [-0.05, 0) is 23.8 Å². The van der Waals surface area contributed by atoms with Crippen molar-refractivity contribution in [2.75, 3.05) is 33.3 Å². The van der Waals surface area contributed by atoms with Gasteiger partial charge in [-0.3, -0.25) is 4.79 Å². The van der Waals surface area contributed by atoms with Crippen LogP contribution < -0.4 is 10.1 Å². The number of benzene rings is 2. The second-order valence-corrected chi connectivity index (χ2v) is 9.37. The average molecular weight is 546 g/mol. The van der Waals surface area contributed by atoms with Crippen LogP contribution in [0.3, 0.4) is 0 Å². The maximum atomic E-state index is 13.3. The number of halogens is 1. The van der Waals surface area contributed by atoms with Crippen molar-refractivity contribution >= 4 is 33.9 Å². The molecule has 0 unspecified atom stereocenters. The van der Waals surface area contributed by atoms with E-state index < -0.39 is 24.1 Å². The second-order valence-electron chi connectivity index (χ2n) is 8.45. The zero-order chi connectivity index (χ0) is 24.8. The number of ether oxygens (including phenoxy) is 3. The van der Waals surface area contributed by atoms with E-state index in [0.29, 0.717) is 18.7 Å². The number of rotatable bonds is 6. The van der Waals surface area contributed by atoms with Crippen molar-refractivity contribution in [3.8, 4) is 5.75 Å². The molecule has 0 radical (unpaired) electrons. The molecule has 0 aliphatic carbocycles.